The van der Waals surface area contributed by atoms with E-state index in [1.54, 1.807) is 0 Å². The van der Waals surface area contributed by atoms with Crippen molar-refractivity contribution in [3.63, 3.8) is 0 Å². The maximum atomic E-state index is 13.0. The lowest BCUT2D eigenvalue weighted by Gasteiger charge is -1.94. The Kier molecular flexibility index (Phi) is 1.59. The molecule has 0 aliphatic heterocycles. The largest absolute Gasteiger partial charge is 0.443 e. The quantitative estimate of drug-likeness (QED) is 0.645. The summed E-state index contributed by atoms with van der Waals surface area (Å²) in [6, 6.07) is 1.28. The summed E-state index contributed by atoms with van der Waals surface area (Å²) in [6.45, 7) is 0. The number of hydrogen-bond donors (Lipinski definition) is 0. The van der Waals surface area contributed by atoms with Crippen molar-refractivity contribution in [2.75, 3.05) is 0 Å². The van der Waals surface area contributed by atoms with Crippen molar-refractivity contribution in [2.24, 2.45) is 0 Å². The van der Waals surface area contributed by atoms with Gasteiger partial charge in [-0.1, -0.05) is 0 Å². The summed E-state index contributed by atoms with van der Waals surface area (Å²) in [6.07, 6.45) is 5.48. The summed E-state index contributed by atoms with van der Waals surface area (Å²) in [5, 5.41) is 0. The van der Waals surface area contributed by atoms with Crippen LogP contribution in [0.15, 0.2) is 35.5 Å². The maximum absolute atomic E-state index is 13.0. The van der Waals surface area contributed by atoms with Gasteiger partial charge in [-0.25, -0.2) is 9.37 Å². The summed E-state index contributed by atoms with van der Waals surface area (Å²) in [5.74, 6) is 0.0300. The van der Waals surface area contributed by atoms with Gasteiger partial charge in [0.1, 0.15) is 5.82 Å². The molecule has 2 aromatic rings. The van der Waals surface area contributed by atoms with Crippen LogP contribution in [-0.4, -0.2) is 9.97 Å². The fraction of sp³-hybridized carbons (Fsp3) is 0. The zero-order valence-corrected chi connectivity index (χ0v) is 6.07. The number of aromatic nitrogens is 2. The fourth-order valence-electron chi connectivity index (χ4n) is 0.908. The monoisotopic (exact) mass is 164 g/mol. The predicted octanol–water partition coefficient (Wildman–Crippen LogP) is 1.88. The smallest absolute Gasteiger partial charge is 0.181 e. The van der Waals surface area contributed by atoms with Gasteiger partial charge in [0.15, 0.2) is 12.2 Å². The molecule has 0 radical (unpaired) electrons. The highest BCUT2D eigenvalue weighted by Crippen LogP contribution is 2.19. The highest BCUT2D eigenvalue weighted by atomic mass is 19.1. The first kappa shape index (κ1) is 6.97. The summed E-state index contributed by atoms with van der Waals surface area (Å²) >= 11 is 0. The van der Waals surface area contributed by atoms with Crippen molar-refractivity contribution in [1.82, 2.24) is 9.97 Å². The van der Waals surface area contributed by atoms with Gasteiger partial charge >= 0.3 is 0 Å². The first-order valence-corrected chi connectivity index (χ1v) is 3.36. The molecule has 0 aromatic carbocycles. The molecule has 12 heavy (non-hydrogen) atoms. The van der Waals surface area contributed by atoms with Crippen molar-refractivity contribution in [3.8, 4) is 11.3 Å². The highest BCUT2D eigenvalue weighted by Gasteiger charge is 2.06. The van der Waals surface area contributed by atoms with E-state index in [-0.39, 0.29) is 5.82 Å². The Morgan fingerprint density at radius 2 is 2.17 bits per heavy atom. The molecule has 0 N–H and O–H groups in total. The zero-order valence-electron chi connectivity index (χ0n) is 6.07. The standard InChI is InChI=1S/C8H5FN2O/c9-7-1-2-10-3-6(7)8-4-11-5-12-8/h1-5H. The molecular weight excluding hydrogens is 159 g/mol. The average molecular weight is 164 g/mol. The molecule has 3 nitrogen and oxygen atoms in total. The Hall–Kier alpha value is -1.71. The second-order valence-electron chi connectivity index (χ2n) is 2.22. The van der Waals surface area contributed by atoms with E-state index in [1.165, 1.54) is 31.1 Å². The van der Waals surface area contributed by atoms with E-state index in [9.17, 15) is 4.39 Å². The molecule has 0 atom stereocenters. The minimum absolute atomic E-state index is 0.329. The van der Waals surface area contributed by atoms with E-state index >= 15 is 0 Å². The van der Waals surface area contributed by atoms with Gasteiger partial charge in [0, 0.05) is 12.4 Å². The van der Waals surface area contributed by atoms with Crippen molar-refractivity contribution in [2.45, 2.75) is 0 Å². The molecule has 0 bridgehead atoms. The van der Waals surface area contributed by atoms with Crippen LogP contribution in [0.25, 0.3) is 11.3 Å². The lowest BCUT2D eigenvalue weighted by atomic mass is 10.2. The number of nitrogens with zero attached hydrogens (tertiary/aromatic N) is 2. The van der Waals surface area contributed by atoms with Gasteiger partial charge in [-0.2, -0.15) is 0 Å². The van der Waals surface area contributed by atoms with Crippen molar-refractivity contribution < 1.29 is 8.81 Å². The zero-order chi connectivity index (χ0) is 8.39. The highest BCUT2D eigenvalue weighted by molar-refractivity contribution is 5.54. The summed E-state index contributed by atoms with van der Waals surface area (Å²) in [4.78, 5) is 7.45. The maximum Gasteiger partial charge on any atom is 0.181 e. The second kappa shape index (κ2) is 2.73. The van der Waals surface area contributed by atoms with Crippen LogP contribution in [0.3, 0.4) is 0 Å². The van der Waals surface area contributed by atoms with Crippen molar-refractivity contribution in [1.29, 1.82) is 0 Å². The van der Waals surface area contributed by atoms with E-state index in [0.29, 0.717) is 11.3 Å². The third-order valence-corrected chi connectivity index (χ3v) is 1.47. The number of oxazole rings is 1. The third kappa shape index (κ3) is 1.07. The van der Waals surface area contributed by atoms with E-state index in [4.69, 9.17) is 4.42 Å². The van der Waals surface area contributed by atoms with Crippen LogP contribution in [0.4, 0.5) is 4.39 Å². The molecule has 2 rings (SSSR count). The lowest BCUT2D eigenvalue weighted by molar-refractivity contribution is 0.560. The molecule has 0 amide bonds. The van der Waals surface area contributed by atoms with Gasteiger partial charge in [0.05, 0.1) is 11.8 Å². The van der Waals surface area contributed by atoms with Crippen LogP contribution in [0.2, 0.25) is 0 Å². The van der Waals surface area contributed by atoms with Crippen LogP contribution in [-0.2, 0) is 0 Å². The molecule has 0 saturated heterocycles. The number of hydrogen-bond acceptors (Lipinski definition) is 3. The Labute approximate surface area is 67.9 Å². The molecule has 0 aliphatic rings. The van der Waals surface area contributed by atoms with Crippen LogP contribution in [0.5, 0.6) is 0 Å². The molecule has 0 unspecified atom stereocenters. The van der Waals surface area contributed by atoms with Crippen LogP contribution < -0.4 is 0 Å². The Morgan fingerprint density at radius 1 is 1.25 bits per heavy atom. The fourth-order valence-corrected chi connectivity index (χ4v) is 0.908. The van der Waals surface area contributed by atoms with Crippen LogP contribution >= 0.6 is 0 Å². The van der Waals surface area contributed by atoms with Gasteiger partial charge in [-0.3, -0.25) is 4.98 Å². The topological polar surface area (TPSA) is 38.9 Å². The van der Waals surface area contributed by atoms with E-state index in [0.717, 1.165) is 0 Å². The molecule has 2 aromatic heterocycles. The van der Waals surface area contributed by atoms with Crippen molar-refractivity contribution in [3.05, 3.63) is 36.9 Å². The van der Waals surface area contributed by atoms with Gasteiger partial charge < -0.3 is 4.42 Å². The second-order valence-corrected chi connectivity index (χ2v) is 2.22. The summed E-state index contributed by atoms with van der Waals surface area (Å²) < 4.78 is 17.9. The SMILES string of the molecule is Fc1ccncc1-c1cnco1. The molecule has 60 valence electrons. The third-order valence-electron chi connectivity index (χ3n) is 1.47. The first-order valence-electron chi connectivity index (χ1n) is 3.36. The van der Waals surface area contributed by atoms with Gasteiger partial charge in [0.2, 0.25) is 0 Å². The normalized spacial score (nSPS) is 10.1. The Bertz CT molecular complexity index is 372. The predicted molar refractivity (Wildman–Crippen MR) is 39.7 cm³/mol. The van der Waals surface area contributed by atoms with Gasteiger partial charge in [-0.15, -0.1) is 0 Å². The van der Waals surface area contributed by atoms with E-state index < -0.39 is 0 Å². The molecule has 0 fully saturated rings. The minimum Gasteiger partial charge on any atom is -0.443 e. The molecule has 0 aliphatic carbocycles. The van der Waals surface area contributed by atoms with Gasteiger partial charge in [-0.05, 0) is 6.07 Å². The Morgan fingerprint density at radius 3 is 2.83 bits per heavy atom. The molecule has 0 spiro atoms. The number of pyridine rings is 1. The summed E-state index contributed by atoms with van der Waals surface area (Å²) in [7, 11) is 0. The molecule has 2 heterocycles. The number of rotatable bonds is 1. The Balaban J connectivity index is 2.55. The molecule has 0 saturated carbocycles. The first-order chi connectivity index (χ1) is 5.88. The van der Waals surface area contributed by atoms with E-state index in [1.807, 2.05) is 0 Å². The van der Waals surface area contributed by atoms with E-state index in [2.05, 4.69) is 9.97 Å². The lowest BCUT2D eigenvalue weighted by Crippen LogP contribution is -1.82. The van der Waals surface area contributed by atoms with Crippen LogP contribution in [0.1, 0.15) is 0 Å². The van der Waals surface area contributed by atoms with Crippen molar-refractivity contribution >= 4 is 0 Å². The molecular formula is C8H5FN2O. The minimum atomic E-state index is -0.359. The average Bonchev–Trinajstić information content (AvgIpc) is 2.57. The number of halogens is 1. The van der Waals surface area contributed by atoms with Crippen LogP contribution in [0, 0.1) is 5.82 Å². The molecule has 4 heteroatoms. The van der Waals surface area contributed by atoms with Gasteiger partial charge in [0.25, 0.3) is 0 Å². The summed E-state index contributed by atoms with van der Waals surface area (Å²) in [5.41, 5.74) is 0.329.